The number of carbonyl (C=O) groups excluding carboxylic acids is 2. The van der Waals surface area contributed by atoms with Gasteiger partial charge in [0.25, 0.3) is 5.91 Å². The molecule has 0 saturated heterocycles. The summed E-state index contributed by atoms with van der Waals surface area (Å²) < 4.78 is 38.6. The van der Waals surface area contributed by atoms with Gasteiger partial charge in [0.15, 0.2) is 5.78 Å². The first kappa shape index (κ1) is 17.8. The maximum absolute atomic E-state index is 12.9. The molecule has 1 unspecified atom stereocenters. The number of Topliss-reactive ketones (excluding diaryl/α,β-unsaturated/α-hetero) is 1. The molecule has 1 aliphatic rings. The number of carbonyl (C=O) groups is 2. The van der Waals surface area contributed by atoms with Crippen molar-refractivity contribution < 1.29 is 22.8 Å². The minimum absolute atomic E-state index is 0.154. The Kier molecular flexibility index (Phi) is 5.04. The monoisotopic (exact) mass is 347 g/mol. The first-order valence-electron chi connectivity index (χ1n) is 7.29. The minimum atomic E-state index is -4.59. The number of ketones is 1. The Morgan fingerprint density at radius 2 is 1.91 bits per heavy atom. The number of rotatable bonds is 5. The minimum Gasteiger partial charge on any atom is -0.329 e. The summed E-state index contributed by atoms with van der Waals surface area (Å²) in [6, 6.07) is 2.07. The summed E-state index contributed by atoms with van der Waals surface area (Å²) in [6.07, 6.45) is -2.68. The van der Waals surface area contributed by atoms with E-state index >= 15 is 0 Å². The lowest BCUT2D eigenvalue weighted by Crippen LogP contribution is -2.43. The highest BCUT2D eigenvalue weighted by Gasteiger charge is 2.34. The SMILES string of the molecule is CC(=O)C(C)N(CC1CC1)C(=O)c1cc(Cl)cc(C(F)(F)F)c1. The van der Waals surface area contributed by atoms with E-state index in [1.807, 2.05) is 0 Å². The van der Waals surface area contributed by atoms with Crippen molar-refractivity contribution >= 4 is 23.3 Å². The van der Waals surface area contributed by atoms with Crippen LogP contribution in [0, 0.1) is 5.92 Å². The van der Waals surface area contributed by atoms with Crippen LogP contribution in [0.2, 0.25) is 5.02 Å². The highest BCUT2D eigenvalue weighted by Crippen LogP contribution is 2.34. The molecule has 23 heavy (non-hydrogen) atoms. The fraction of sp³-hybridized carbons (Fsp3) is 0.500. The number of amides is 1. The smallest absolute Gasteiger partial charge is 0.329 e. The Hall–Kier alpha value is -1.56. The fourth-order valence-corrected chi connectivity index (χ4v) is 2.49. The van der Waals surface area contributed by atoms with Crippen molar-refractivity contribution in [1.82, 2.24) is 4.90 Å². The summed E-state index contributed by atoms with van der Waals surface area (Å²) in [6.45, 7) is 3.31. The maximum atomic E-state index is 12.9. The lowest BCUT2D eigenvalue weighted by molar-refractivity contribution is -0.137. The van der Waals surface area contributed by atoms with Gasteiger partial charge in [0.1, 0.15) is 0 Å². The third kappa shape index (κ3) is 4.47. The number of nitrogens with zero attached hydrogens (tertiary/aromatic N) is 1. The Morgan fingerprint density at radius 3 is 2.39 bits per heavy atom. The molecule has 0 spiro atoms. The molecule has 0 aromatic heterocycles. The van der Waals surface area contributed by atoms with Gasteiger partial charge < -0.3 is 4.90 Å². The molecule has 1 aromatic carbocycles. The Balaban J connectivity index is 2.35. The van der Waals surface area contributed by atoms with Crippen LogP contribution in [0.25, 0.3) is 0 Å². The van der Waals surface area contributed by atoms with Crippen molar-refractivity contribution in [2.45, 2.75) is 38.9 Å². The van der Waals surface area contributed by atoms with Crippen LogP contribution < -0.4 is 0 Å². The Bertz CT molecular complexity index is 626. The topological polar surface area (TPSA) is 37.4 Å². The van der Waals surface area contributed by atoms with Crippen molar-refractivity contribution in [3.8, 4) is 0 Å². The predicted molar refractivity (Wildman–Crippen MR) is 80.4 cm³/mol. The number of halogens is 4. The standard InChI is InChI=1S/C16H17ClF3NO2/c1-9(10(2)22)21(8-11-3-4-11)15(23)12-5-13(16(18,19)20)7-14(17)6-12/h5-7,9,11H,3-4,8H2,1-2H3. The summed E-state index contributed by atoms with van der Waals surface area (Å²) in [4.78, 5) is 25.6. The highest BCUT2D eigenvalue weighted by molar-refractivity contribution is 6.31. The van der Waals surface area contributed by atoms with E-state index in [4.69, 9.17) is 11.6 Å². The number of alkyl halides is 3. The van der Waals surface area contributed by atoms with Gasteiger partial charge >= 0.3 is 6.18 Å². The van der Waals surface area contributed by atoms with Gasteiger partial charge in [0.2, 0.25) is 0 Å². The second-order valence-electron chi connectivity index (χ2n) is 5.91. The van der Waals surface area contributed by atoms with Crippen LogP contribution in [0.4, 0.5) is 13.2 Å². The second kappa shape index (κ2) is 6.51. The third-order valence-corrected chi connectivity index (χ3v) is 4.16. The summed E-state index contributed by atoms with van der Waals surface area (Å²) in [5, 5.41) is -0.162. The van der Waals surface area contributed by atoms with Crippen LogP contribution in [0.3, 0.4) is 0 Å². The van der Waals surface area contributed by atoms with Crippen molar-refractivity contribution in [3.63, 3.8) is 0 Å². The lowest BCUT2D eigenvalue weighted by Gasteiger charge is -2.28. The molecule has 126 valence electrons. The Morgan fingerprint density at radius 1 is 1.30 bits per heavy atom. The molecule has 1 fully saturated rings. The molecule has 1 aromatic rings. The second-order valence-corrected chi connectivity index (χ2v) is 6.35. The summed E-state index contributed by atoms with van der Waals surface area (Å²) >= 11 is 5.73. The first-order chi connectivity index (χ1) is 10.6. The van der Waals surface area contributed by atoms with Crippen LogP contribution in [0.5, 0.6) is 0 Å². The van der Waals surface area contributed by atoms with Crippen molar-refractivity contribution in [2.24, 2.45) is 5.92 Å². The van der Waals surface area contributed by atoms with Crippen molar-refractivity contribution in [2.75, 3.05) is 6.54 Å². The van der Waals surface area contributed by atoms with Gasteiger partial charge in [0, 0.05) is 17.1 Å². The van der Waals surface area contributed by atoms with Gasteiger partial charge in [-0.1, -0.05) is 11.6 Å². The molecule has 1 atom stereocenters. The van der Waals surface area contributed by atoms with E-state index in [1.54, 1.807) is 6.92 Å². The quantitative estimate of drug-likeness (QED) is 0.801. The van der Waals surface area contributed by atoms with E-state index in [0.29, 0.717) is 12.5 Å². The molecule has 0 N–H and O–H groups in total. The van der Waals surface area contributed by atoms with Gasteiger partial charge in [-0.3, -0.25) is 9.59 Å². The van der Waals surface area contributed by atoms with Crippen LogP contribution in [0.15, 0.2) is 18.2 Å². The first-order valence-corrected chi connectivity index (χ1v) is 7.66. The van der Waals surface area contributed by atoms with E-state index in [9.17, 15) is 22.8 Å². The number of benzene rings is 1. The van der Waals surface area contributed by atoms with Gasteiger partial charge in [-0.15, -0.1) is 0 Å². The van der Waals surface area contributed by atoms with Gasteiger partial charge in [-0.2, -0.15) is 13.2 Å². The molecule has 0 bridgehead atoms. The van der Waals surface area contributed by atoms with E-state index in [2.05, 4.69) is 0 Å². The van der Waals surface area contributed by atoms with Crippen LogP contribution in [-0.4, -0.2) is 29.2 Å². The van der Waals surface area contributed by atoms with Crippen LogP contribution in [0.1, 0.15) is 42.6 Å². The summed E-state index contributed by atoms with van der Waals surface area (Å²) in [7, 11) is 0. The van der Waals surface area contributed by atoms with Crippen LogP contribution >= 0.6 is 11.6 Å². The van der Waals surface area contributed by atoms with E-state index in [-0.39, 0.29) is 16.4 Å². The zero-order valence-electron chi connectivity index (χ0n) is 12.8. The molecule has 1 amide bonds. The number of hydrogen-bond acceptors (Lipinski definition) is 2. The number of hydrogen-bond donors (Lipinski definition) is 0. The van der Waals surface area contributed by atoms with Gasteiger partial charge in [0.05, 0.1) is 11.6 Å². The molecule has 0 heterocycles. The normalized spacial score (nSPS) is 16.1. The summed E-state index contributed by atoms with van der Waals surface area (Å²) in [5.74, 6) is -0.508. The molecule has 1 saturated carbocycles. The van der Waals surface area contributed by atoms with E-state index < -0.39 is 23.7 Å². The fourth-order valence-electron chi connectivity index (χ4n) is 2.26. The average molecular weight is 348 g/mol. The average Bonchev–Trinajstić information content (AvgIpc) is 3.25. The molecule has 1 aliphatic carbocycles. The lowest BCUT2D eigenvalue weighted by atomic mass is 10.1. The largest absolute Gasteiger partial charge is 0.416 e. The maximum Gasteiger partial charge on any atom is 0.416 e. The van der Waals surface area contributed by atoms with Gasteiger partial charge in [-0.05, 0) is 50.8 Å². The molecule has 2 rings (SSSR count). The van der Waals surface area contributed by atoms with E-state index in [1.165, 1.54) is 17.9 Å². The molecule has 3 nitrogen and oxygen atoms in total. The third-order valence-electron chi connectivity index (χ3n) is 3.94. The Labute approximate surface area is 137 Å². The van der Waals surface area contributed by atoms with Crippen molar-refractivity contribution in [3.05, 3.63) is 34.3 Å². The van der Waals surface area contributed by atoms with Gasteiger partial charge in [-0.25, -0.2) is 0 Å². The molecular weight excluding hydrogens is 331 g/mol. The highest BCUT2D eigenvalue weighted by atomic mass is 35.5. The molecule has 7 heteroatoms. The zero-order chi connectivity index (χ0) is 17.4. The van der Waals surface area contributed by atoms with Crippen molar-refractivity contribution in [1.29, 1.82) is 0 Å². The zero-order valence-corrected chi connectivity index (χ0v) is 13.5. The molecular formula is C16H17ClF3NO2. The van der Waals surface area contributed by atoms with Crippen LogP contribution in [-0.2, 0) is 11.0 Å². The summed E-state index contributed by atoms with van der Waals surface area (Å²) in [5.41, 5.74) is -1.13. The molecule has 0 radical (unpaired) electrons. The predicted octanol–water partition coefficient (Wildman–Crippen LogP) is 4.19. The molecule has 0 aliphatic heterocycles. The van der Waals surface area contributed by atoms with E-state index in [0.717, 1.165) is 25.0 Å².